The highest BCUT2D eigenvalue weighted by atomic mass is 16.5. The van der Waals surface area contributed by atoms with E-state index in [2.05, 4.69) is 5.32 Å². The topological polar surface area (TPSA) is 38.3 Å². The molecule has 0 bridgehead atoms. The summed E-state index contributed by atoms with van der Waals surface area (Å²) in [5.74, 6) is 1.67. The summed E-state index contributed by atoms with van der Waals surface area (Å²) in [4.78, 5) is 11.8. The van der Waals surface area contributed by atoms with E-state index in [-0.39, 0.29) is 0 Å². The van der Waals surface area contributed by atoms with Crippen LogP contribution in [0.1, 0.15) is 32.1 Å². The van der Waals surface area contributed by atoms with Crippen LogP contribution < -0.4 is 5.32 Å². The number of carbonyl (C=O) groups is 1. The zero-order valence-corrected chi connectivity index (χ0v) is 9.34. The summed E-state index contributed by atoms with van der Waals surface area (Å²) in [5, 5.41) is 3.31. The van der Waals surface area contributed by atoms with Crippen LogP contribution in [-0.4, -0.2) is 32.1 Å². The molecule has 3 nitrogen and oxygen atoms in total. The number of carbonyl (C=O) groups excluding carboxylic acids is 1. The van der Waals surface area contributed by atoms with E-state index < -0.39 is 0 Å². The van der Waals surface area contributed by atoms with Gasteiger partial charge in [-0.05, 0) is 44.2 Å². The monoisotopic (exact) mass is 211 g/mol. The number of ether oxygens (including phenoxy) is 1. The van der Waals surface area contributed by atoms with Gasteiger partial charge in [0.25, 0.3) is 0 Å². The second-order valence-corrected chi connectivity index (χ2v) is 4.86. The predicted molar refractivity (Wildman–Crippen MR) is 58.8 cm³/mol. The first-order chi connectivity index (χ1) is 7.34. The summed E-state index contributed by atoms with van der Waals surface area (Å²) >= 11 is 0. The molecule has 15 heavy (non-hydrogen) atoms. The van der Waals surface area contributed by atoms with Crippen molar-refractivity contribution in [2.45, 2.75) is 32.1 Å². The van der Waals surface area contributed by atoms with Crippen LogP contribution in [0.3, 0.4) is 0 Å². The number of rotatable bonds is 4. The van der Waals surface area contributed by atoms with Crippen molar-refractivity contribution in [2.24, 2.45) is 11.8 Å². The molecule has 86 valence electrons. The number of nitrogens with one attached hydrogen (secondary N) is 1. The van der Waals surface area contributed by atoms with Crippen molar-refractivity contribution in [1.29, 1.82) is 0 Å². The van der Waals surface area contributed by atoms with Gasteiger partial charge < -0.3 is 10.1 Å². The number of hydrogen-bond donors (Lipinski definition) is 1. The second-order valence-electron chi connectivity index (χ2n) is 4.86. The third-order valence-corrected chi connectivity index (χ3v) is 3.54. The van der Waals surface area contributed by atoms with Crippen LogP contribution in [0.5, 0.6) is 0 Å². The molecular formula is C12H21NO2. The Morgan fingerprint density at radius 3 is 2.53 bits per heavy atom. The maximum Gasteiger partial charge on any atom is 0.133 e. The summed E-state index contributed by atoms with van der Waals surface area (Å²) < 4.78 is 5.29. The second kappa shape index (κ2) is 5.61. The molecule has 0 amide bonds. The van der Waals surface area contributed by atoms with Crippen molar-refractivity contribution in [2.75, 3.05) is 26.3 Å². The fourth-order valence-electron chi connectivity index (χ4n) is 2.57. The average molecular weight is 211 g/mol. The molecule has 2 aliphatic rings. The van der Waals surface area contributed by atoms with Gasteiger partial charge >= 0.3 is 0 Å². The molecule has 3 heteroatoms. The van der Waals surface area contributed by atoms with Gasteiger partial charge in [0.05, 0.1) is 0 Å². The minimum absolute atomic E-state index is 0.468. The molecule has 0 radical (unpaired) electrons. The Bertz CT molecular complexity index is 206. The highest BCUT2D eigenvalue weighted by molar-refractivity contribution is 5.78. The molecule has 0 aromatic rings. The first kappa shape index (κ1) is 11.1. The Balaban J connectivity index is 1.66. The predicted octanol–water partition coefficient (Wildman–Crippen LogP) is 1.37. The van der Waals surface area contributed by atoms with Crippen molar-refractivity contribution >= 4 is 5.78 Å². The number of ketones is 1. The minimum atomic E-state index is 0.468. The lowest BCUT2D eigenvalue weighted by atomic mass is 9.90. The van der Waals surface area contributed by atoms with Gasteiger partial charge in [-0.25, -0.2) is 0 Å². The third kappa shape index (κ3) is 3.58. The maximum atomic E-state index is 11.8. The van der Waals surface area contributed by atoms with E-state index in [4.69, 9.17) is 4.74 Å². The molecule has 1 atom stereocenters. The molecule has 0 saturated carbocycles. The van der Waals surface area contributed by atoms with Gasteiger partial charge in [0, 0.05) is 26.1 Å². The van der Waals surface area contributed by atoms with E-state index in [1.54, 1.807) is 0 Å². The van der Waals surface area contributed by atoms with Crippen LogP contribution in [0.15, 0.2) is 0 Å². The molecule has 2 heterocycles. The first-order valence-corrected chi connectivity index (χ1v) is 6.15. The normalized spacial score (nSPS) is 28.1. The Morgan fingerprint density at radius 1 is 1.13 bits per heavy atom. The maximum absolute atomic E-state index is 11.8. The molecular weight excluding hydrogens is 190 g/mol. The summed E-state index contributed by atoms with van der Waals surface area (Å²) in [6, 6.07) is 0. The van der Waals surface area contributed by atoms with Crippen molar-refractivity contribution < 1.29 is 9.53 Å². The van der Waals surface area contributed by atoms with Crippen LogP contribution in [0, 0.1) is 11.8 Å². The molecule has 0 spiro atoms. The largest absolute Gasteiger partial charge is 0.381 e. The molecule has 2 fully saturated rings. The molecule has 0 aromatic carbocycles. The van der Waals surface area contributed by atoms with Crippen LogP contribution >= 0.6 is 0 Å². The first-order valence-electron chi connectivity index (χ1n) is 6.15. The van der Waals surface area contributed by atoms with Crippen LogP contribution in [0.2, 0.25) is 0 Å². The van der Waals surface area contributed by atoms with Gasteiger partial charge in [-0.2, -0.15) is 0 Å². The fraction of sp³-hybridized carbons (Fsp3) is 0.917. The molecule has 0 aliphatic carbocycles. The molecule has 1 unspecified atom stereocenters. The van der Waals surface area contributed by atoms with Crippen molar-refractivity contribution in [3.63, 3.8) is 0 Å². The summed E-state index contributed by atoms with van der Waals surface area (Å²) in [5.41, 5.74) is 0. The van der Waals surface area contributed by atoms with Gasteiger partial charge in [0.1, 0.15) is 5.78 Å². The van der Waals surface area contributed by atoms with Gasteiger partial charge in [-0.3, -0.25) is 4.79 Å². The lowest BCUT2D eigenvalue weighted by Crippen LogP contribution is -2.20. The third-order valence-electron chi connectivity index (χ3n) is 3.54. The Labute approximate surface area is 91.6 Å². The molecule has 0 aromatic heterocycles. The van der Waals surface area contributed by atoms with E-state index in [0.29, 0.717) is 17.6 Å². The van der Waals surface area contributed by atoms with Crippen LogP contribution in [0.25, 0.3) is 0 Å². The Hall–Kier alpha value is -0.410. The van der Waals surface area contributed by atoms with Crippen LogP contribution in [-0.2, 0) is 9.53 Å². The molecule has 1 N–H and O–H groups in total. The van der Waals surface area contributed by atoms with E-state index in [9.17, 15) is 4.79 Å². The van der Waals surface area contributed by atoms with Gasteiger partial charge in [0.15, 0.2) is 0 Å². The number of hydrogen-bond acceptors (Lipinski definition) is 3. The van der Waals surface area contributed by atoms with Crippen molar-refractivity contribution in [3.8, 4) is 0 Å². The lowest BCUT2D eigenvalue weighted by molar-refractivity contribution is -0.121. The summed E-state index contributed by atoms with van der Waals surface area (Å²) in [6.07, 6.45) is 4.92. The fourth-order valence-corrected chi connectivity index (χ4v) is 2.57. The zero-order chi connectivity index (χ0) is 10.5. The van der Waals surface area contributed by atoms with Gasteiger partial charge in [-0.1, -0.05) is 0 Å². The average Bonchev–Trinajstić information content (AvgIpc) is 2.71. The Kier molecular flexibility index (Phi) is 4.15. The highest BCUT2D eigenvalue weighted by Crippen LogP contribution is 2.21. The van der Waals surface area contributed by atoms with Crippen molar-refractivity contribution in [3.05, 3.63) is 0 Å². The van der Waals surface area contributed by atoms with E-state index >= 15 is 0 Å². The Morgan fingerprint density at radius 2 is 1.87 bits per heavy atom. The molecule has 2 saturated heterocycles. The van der Waals surface area contributed by atoms with Crippen LogP contribution in [0.4, 0.5) is 0 Å². The summed E-state index contributed by atoms with van der Waals surface area (Å²) in [6.45, 7) is 3.83. The SMILES string of the molecule is O=C(CC1CCOCC1)CC1CCNC1. The smallest absolute Gasteiger partial charge is 0.133 e. The quantitative estimate of drug-likeness (QED) is 0.763. The van der Waals surface area contributed by atoms with Gasteiger partial charge in [0.2, 0.25) is 0 Å². The highest BCUT2D eigenvalue weighted by Gasteiger charge is 2.21. The number of Topliss-reactive ketones (excluding diaryl/α,β-unsaturated/α-hetero) is 1. The molecule has 2 aliphatic heterocycles. The van der Waals surface area contributed by atoms with E-state index in [0.717, 1.165) is 52.0 Å². The van der Waals surface area contributed by atoms with Gasteiger partial charge in [-0.15, -0.1) is 0 Å². The van der Waals surface area contributed by atoms with Crippen molar-refractivity contribution in [1.82, 2.24) is 5.32 Å². The molecule has 2 rings (SSSR count). The lowest BCUT2D eigenvalue weighted by Gasteiger charge is -2.21. The van der Waals surface area contributed by atoms with E-state index in [1.165, 1.54) is 6.42 Å². The summed E-state index contributed by atoms with van der Waals surface area (Å²) in [7, 11) is 0. The minimum Gasteiger partial charge on any atom is -0.381 e. The standard InChI is InChI=1S/C12H21NO2/c14-12(8-11-1-4-13-9-11)7-10-2-5-15-6-3-10/h10-11,13H,1-9H2. The van der Waals surface area contributed by atoms with E-state index in [1.807, 2.05) is 0 Å². The zero-order valence-electron chi connectivity index (χ0n) is 9.34.